The van der Waals surface area contributed by atoms with Gasteiger partial charge in [-0.2, -0.15) is 0 Å². The van der Waals surface area contributed by atoms with Crippen LogP contribution in [-0.4, -0.2) is 55.0 Å². The molecule has 1 fully saturated rings. The normalized spacial score (nSPS) is 14.5. The van der Waals surface area contributed by atoms with Gasteiger partial charge in [-0.15, -0.1) is 12.6 Å². The van der Waals surface area contributed by atoms with E-state index in [0.717, 1.165) is 59.9 Å². The molecule has 2 heterocycles. The molecule has 0 radical (unpaired) electrons. The second-order valence-electron chi connectivity index (χ2n) is 8.29. The van der Waals surface area contributed by atoms with Gasteiger partial charge < -0.3 is 19.9 Å². The van der Waals surface area contributed by atoms with Crippen molar-refractivity contribution in [3.05, 3.63) is 59.7 Å². The van der Waals surface area contributed by atoms with E-state index in [4.69, 9.17) is 9.72 Å². The molecule has 2 aromatic carbocycles. The van der Waals surface area contributed by atoms with E-state index in [9.17, 15) is 4.79 Å². The van der Waals surface area contributed by atoms with Gasteiger partial charge in [-0.1, -0.05) is 12.1 Å². The number of benzene rings is 2. The summed E-state index contributed by atoms with van der Waals surface area (Å²) in [7, 11) is 2.15. The van der Waals surface area contributed by atoms with Gasteiger partial charge in [0.1, 0.15) is 17.5 Å². The van der Waals surface area contributed by atoms with E-state index in [1.807, 2.05) is 42.5 Å². The predicted octanol–water partition coefficient (Wildman–Crippen LogP) is 4.13. The molecule has 32 heavy (non-hydrogen) atoms. The lowest BCUT2D eigenvalue weighted by Crippen LogP contribution is -2.44. The van der Waals surface area contributed by atoms with E-state index >= 15 is 0 Å². The molecule has 1 amide bonds. The predicted molar refractivity (Wildman–Crippen MR) is 134 cm³/mol. The van der Waals surface area contributed by atoms with Crippen molar-refractivity contribution in [1.82, 2.24) is 9.88 Å². The van der Waals surface area contributed by atoms with Gasteiger partial charge in [0.25, 0.3) is 0 Å². The number of likely N-dealkylation sites (N-methyl/N-ethyl adjacent to an activating group) is 1. The van der Waals surface area contributed by atoms with Crippen LogP contribution < -0.4 is 15.0 Å². The molecule has 0 spiro atoms. The molecule has 3 aromatic rings. The second-order valence-corrected chi connectivity index (χ2v) is 8.54. The van der Waals surface area contributed by atoms with Crippen LogP contribution >= 0.6 is 12.6 Å². The van der Waals surface area contributed by atoms with E-state index in [0.29, 0.717) is 18.8 Å². The third-order valence-corrected chi connectivity index (χ3v) is 6.04. The molecule has 0 unspecified atom stereocenters. The highest BCUT2D eigenvalue weighted by atomic mass is 32.1. The van der Waals surface area contributed by atoms with Crippen molar-refractivity contribution in [3.63, 3.8) is 0 Å². The average molecular weight is 451 g/mol. The molecule has 4 rings (SSSR count). The van der Waals surface area contributed by atoms with E-state index < -0.39 is 0 Å². The first-order valence-electron chi connectivity index (χ1n) is 11.0. The summed E-state index contributed by atoms with van der Waals surface area (Å²) >= 11 is 4.05. The Morgan fingerprint density at radius 2 is 1.84 bits per heavy atom. The van der Waals surface area contributed by atoms with Crippen LogP contribution in [0.2, 0.25) is 0 Å². The Morgan fingerprint density at radius 1 is 1.09 bits per heavy atom. The number of hydrogen-bond donors (Lipinski definition) is 2. The molecule has 0 saturated carbocycles. The topological polar surface area (TPSA) is 57.7 Å². The van der Waals surface area contributed by atoms with Crippen LogP contribution in [-0.2, 0) is 11.2 Å². The molecule has 1 aromatic heterocycles. The number of piperazine rings is 1. The van der Waals surface area contributed by atoms with E-state index in [1.165, 1.54) is 5.56 Å². The fraction of sp³-hybridized carbons (Fsp3) is 0.360. The summed E-state index contributed by atoms with van der Waals surface area (Å²) in [4.78, 5) is 22.1. The van der Waals surface area contributed by atoms with Gasteiger partial charge in [0, 0.05) is 43.7 Å². The molecule has 0 atom stereocenters. The van der Waals surface area contributed by atoms with Crippen molar-refractivity contribution in [1.29, 1.82) is 0 Å². The van der Waals surface area contributed by atoms with E-state index in [-0.39, 0.29) is 5.91 Å². The number of anilines is 2. The summed E-state index contributed by atoms with van der Waals surface area (Å²) in [6.45, 7) is 6.20. The highest BCUT2D eigenvalue weighted by molar-refractivity contribution is 7.80. The lowest BCUT2D eigenvalue weighted by Gasteiger charge is -2.33. The Labute approximate surface area is 195 Å². The monoisotopic (exact) mass is 450 g/mol. The van der Waals surface area contributed by atoms with Gasteiger partial charge in [-0.05, 0) is 67.9 Å². The largest absolute Gasteiger partial charge is 0.483 e. The summed E-state index contributed by atoms with van der Waals surface area (Å²) < 4.78 is 5.33. The zero-order valence-corrected chi connectivity index (χ0v) is 19.6. The Morgan fingerprint density at radius 3 is 2.56 bits per heavy atom. The van der Waals surface area contributed by atoms with Gasteiger partial charge >= 0.3 is 0 Å². The first kappa shape index (κ1) is 22.4. The van der Waals surface area contributed by atoms with Gasteiger partial charge in [-0.3, -0.25) is 4.79 Å². The minimum absolute atomic E-state index is 0.000274. The third kappa shape index (κ3) is 5.53. The Kier molecular flexibility index (Phi) is 7.17. The van der Waals surface area contributed by atoms with Crippen molar-refractivity contribution in [2.24, 2.45) is 0 Å². The number of ether oxygens (including phenoxy) is 1. The maximum Gasteiger partial charge on any atom is 0.224 e. The van der Waals surface area contributed by atoms with Crippen molar-refractivity contribution in [3.8, 4) is 5.75 Å². The number of aryl methyl sites for hydroxylation is 2. The van der Waals surface area contributed by atoms with Gasteiger partial charge in [0.15, 0.2) is 0 Å². The number of nitrogens with one attached hydrogen (secondary N) is 1. The zero-order valence-electron chi connectivity index (χ0n) is 18.7. The van der Waals surface area contributed by atoms with Crippen LogP contribution in [0.5, 0.6) is 5.75 Å². The average Bonchev–Trinajstić information content (AvgIpc) is 2.79. The molecule has 1 aliphatic rings. The van der Waals surface area contributed by atoms with Gasteiger partial charge in [0.05, 0.1) is 5.52 Å². The molecule has 0 bridgehead atoms. The fourth-order valence-corrected chi connectivity index (χ4v) is 4.11. The summed E-state index contributed by atoms with van der Waals surface area (Å²) in [5.41, 5.74) is 4.03. The molecule has 1 aliphatic heterocycles. The Balaban J connectivity index is 1.39. The van der Waals surface area contributed by atoms with Gasteiger partial charge in [0.2, 0.25) is 5.91 Å². The third-order valence-electron chi connectivity index (χ3n) is 5.91. The van der Waals surface area contributed by atoms with Gasteiger partial charge in [-0.25, -0.2) is 4.98 Å². The molecule has 0 aliphatic carbocycles. The number of aromatic nitrogens is 1. The Hall–Kier alpha value is -2.77. The van der Waals surface area contributed by atoms with Crippen molar-refractivity contribution in [2.75, 3.05) is 49.4 Å². The number of hydrogen-bond acceptors (Lipinski definition) is 6. The number of carbonyl (C=O) groups is 1. The van der Waals surface area contributed by atoms with E-state index in [2.05, 4.69) is 47.8 Å². The van der Waals surface area contributed by atoms with Crippen LogP contribution in [0.15, 0.2) is 48.5 Å². The lowest BCUT2D eigenvalue weighted by atomic mass is 10.1. The maximum atomic E-state index is 12.5. The first-order valence-corrected chi connectivity index (χ1v) is 11.6. The number of pyridine rings is 1. The lowest BCUT2D eigenvalue weighted by molar-refractivity contribution is -0.116. The van der Waals surface area contributed by atoms with Crippen molar-refractivity contribution >= 4 is 40.9 Å². The molecule has 6 nitrogen and oxygen atoms in total. The summed E-state index contributed by atoms with van der Waals surface area (Å²) in [5.74, 6) is 2.16. The summed E-state index contributed by atoms with van der Waals surface area (Å²) in [6.07, 6.45) is 1.10. The maximum absolute atomic E-state index is 12.5. The number of rotatable bonds is 7. The standard InChI is InChI=1S/C25H30N4O2S/c1-18-15-24(29-13-11-28(2)12-14-29)27-23-9-6-20(16-22(18)23)26-25(30)10-5-19-3-7-21(8-4-19)31-17-32/h3-4,6-9,15-16,32H,5,10-14,17H2,1-2H3,(H,26,30). The SMILES string of the molecule is Cc1cc(N2CCN(C)CC2)nc2ccc(NC(=O)CCc3ccc(OCS)cc3)cc12. The number of carbonyl (C=O) groups excluding carboxylic acids is 1. The fourth-order valence-electron chi connectivity index (χ4n) is 3.96. The summed E-state index contributed by atoms with van der Waals surface area (Å²) in [5, 5.41) is 4.10. The van der Waals surface area contributed by atoms with Crippen molar-refractivity contribution in [2.45, 2.75) is 19.8 Å². The Bertz CT molecular complexity index is 1080. The smallest absolute Gasteiger partial charge is 0.224 e. The van der Waals surface area contributed by atoms with Crippen LogP contribution in [0, 0.1) is 6.92 Å². The summed E-state index contributed by atoms with van der Waals surface area (Å²) in [6, 6.07) is 15.9. The molecular formula is C25H30N4O2S. The zero-order chi connectivity index (χ0) is 22.5. The highest BCUT2D eigenvalue weighted by Crippen LogP contribution is 2.26. The number of thiol groups is 1. The van der Waals surface area contributed by atoms with E-state index in [1.54, 1.807) is 0 Å². The molecule has 1 saturated heterocycles. The number of nitrogens with zero attached hydrogens (tertiary/aromatic N) is 3. The molecule has 168 valence electrons. The van der Waals surface area contributed by atoms with Crippen LogP contribution in [0.1, 0.15) is 17.5 Å². The first-order chi connectivity index (χ1) is 15.5. The number of fused-ring (bicyclic) bond motifs is 1. The highest BCUT2D eigenvalue weighted by Gasteiger charge is 2.16. The molecule has 1 N–H and O–H groups in total. The van der Waals surface area contributed by atoms with Crippen LogP contribution in [0.25, 0.3) is 10.9 Å². The minimum Gasteiger partial charge on any atom is -0.483 e. The van der Waals surface area contributed by atoms with Crippen LogP contribution in [0.4, 0.5) is 11.5 Å². The minimum atomic E-state index is -0.000274. The van der Waals surface area contributed by atoms with Crippen LogP contribution in [0.3, 0.4) is 0 Å². The number of amides is 1. The second kappa shape index (κ2) is 10.2. The quantitative estimate of drug-likeness (QED) is 0.419. The van der Waals surface area contributed by atoms with Crippen molar-refractivity contribution < 1.29 is 9.53 Å². The molecule has 7 heteroatoms. The molecular weight excluding hydrogens is 420 g/mol.